The zero-order valence-corrected chi connectivity index (χ0v) is 7.18. The highest BCUT2D eigenvalue weighted by molar-refractivity contribution is 7.80. The smallest absolute Gasteiger partial charge is 0.335 e. The predicted molar refractivity (Wildman–Crippen MR) is 42.2 cm³/mol. The Morgan fingerprint density at radius 3 is 2.45 bits per heavy atom. The van der Waals surface area contributed by atoms with Gasteiger partial charge in [0.05, 0.1) is 20.6 Å². The molecule has 1 unspecified atom stereocenters. The SMILES string of the molecule is COC(=O)C(O)CC(=S)OC. The minimum absolute atomic E-state index is 0.00148. The summed E-state index contributed by atoms with van der Waals surface area (Å²) in [6.45, 7) is 0. The lowest BCUT2D eigenvalue weighted by atomic mass is 10.3. The van der Waals surface area contributed by atoms with Gasteiger partial charge in [0.25, 0.3) is 0 Å². The lowest BCUT2D eigenvalue weighted by molar-refractivity contribution is -0.150. The molecule has 0 bridgehead atoms. The standard InChI is InChI=1S/C6H10O4S/c1-9-5(11)3-4(7)6(8)10-2/h4,7H,3H2,1-2H3. The summed E-state index contributed by atoms with van der Waals surface area (Å²) in [6, 6.07) is 0. The monoisotopic (exact) mass is 178 g/mol. The van der Waals surface area contributed by atoms with Crippen molar-refractivity contribution in [3.63, 3.8) is 0 Å². The van der Waals surface area contributed by atoms with Crippen molar-refractivity contribution in [1.82, 2.24) is 0 Å². The molecule has 0 radical (unpaired) electrons. The van der Waals surface area contributed by atoms with E-state index in [0.29, 0.717) is 0 Å². The zero-order chi connectivity index (χ0) is 8.85. The summed E-state index contributed by atoms with van der Waals surface area (Å²) in [5, 5.41) is 9.16. The number of carbonyl (C=O) groups excluding carboxylic acids is 1. The van der Waals surface area contributed by atoms with Crippen LogP contribution in [0.2, 0.25) is 0 Å². The zero-order valence-electron chi connectivity index (χ0n) is 6.36. The van der Waals surface area contributed by atoms with E-state index in [2.05, 4.69) is 21.7 Å². The number of carbonyl (C=O) groups is 1. The molecule has 0 heterocycles. The van der Waals surface area contributed by atoms with Crippen molar-refractivity contribution in [2.45, 2.75) is 12.5 Å². The van der Waals surface area contributed by atoms with E-state index < -0.39 is 12.1 Å². The Kier molecular flexibility index (Phi) is 4.72. The summed E-state index contributed by atoms with van der Waals surface area (Å²) < 4.78 is 8.83. The fourth-order valence-corrected chi connectivity index (χ4v) is 0.618. The molecule has 1 atom stereocenters. The summed E-state index contributed by atoms with van der Waals surface area (Å²) in [5.74, 6) is -0.704. The van der Waals surface area contributed by atoms with Gasteiger partial charge in [-0.05, 0) is 12.2 Å². The average molecular weight is 178 g/mol. The van der Waals surface area contributed by atoms with Gasteiger partial charge in [0.1, 0.15) is 0 Å². The summed E-state index contributed by atoms with van der Waals surface area (Å²) in [6.07, 6.45) is -1.22. The van der Waals surface area contributed by atoms with Crippen molar-refractivity contribution >= 4 is 23.2 Å². The summed E-state index contributed by atoms with van der Waals surface area (Å²) in [5.41, 5.74) is 0. The van der Waals surface area contributed by atoms with E-state index in [0.717, 1.165) is 0 Å². The fourth-order valence-electron chi connectivity index (χ4n) is 0.461. The van der Waals surface area contributed by atoms with Crippen LogP contribution >= 0.6 is 12.2 Å². The van der Waals surface area contributed by atoms with Crippen LogP contribution in [0.25, 0.3) is 0 Å². The molecule has 11 heavy (non-hydrogen) atoms. The van der Waals surface area contributed by atoms with Crippen molar-refractivity contribution in [2.75, 3.05) is 14.2 Å². The minimum atomic E-state index is -1.22. The van der Waals surface area contributed by atoms with Gasteiger partial charge in [-0.2, -0.15) is 0 Å². The van der Waals surface area contributed by atoms with E-state index in [4.69, 9.17) is 5.11 Å². The summed E-state index contributed by atoms with van der Waals surface area (Å²) in [4.78, 5) is 10.6. The third kappa shape index (κ3) is 3.90. The summed E-state index contributed by atoms with van der Waals surface area (Å²) >= 11 is 4.61. The maximum atomic E-state index is 10.6. The van der Waals surface area contributed by atoms with Crippen LogP contribution in [-0.4, -0.2) is 36.5 Å². The normalized spacial score (nSPS) is 11.9. The number of rotatable bonds is 3. The third-order valence-corrected chi connectivity index (χ3v) is 1.39. The van der Waals surface area contributed by atoms with Crippen LogP contribution in [0.3, 0.4) is 0 Å². The van der Waals surface area contributed by atoms with Gasteiger partial charge in [-0.25, -0.2) is 4.79 Å². The molecule has 0 aliphatic heterocycles. The molecule has 64 valence electrons. The Morgan fingerprint density at radius 1 is 1.55 bits per heavy atom. The number of aliphatic hydroxyl groups is 1. The molecule has 0 aromatic rings. The fraction of sp³-hybridized carbons (Fsp3) is 0.667. The van der Waals surface area contributed by atoms with Crippen LogP contribution in [-0.2, 0) is 14.3 Å². The summed E-state index contributed by atoms with van der Waals surface area (Å²) in [7, 11) is 2.58. The number of hydrogen-bond acceptors (Lipinski definition) is 5. The molecular weight excluding hydrogens is 168 g/mol. The molecule has 4 nitrogen and oxygen atoms in total. The Bertz CT molecular complexity index is 157. The Hall–Kier alpha value is -0.680. The quantitative estimate of drug-likeness (QED) is 0.482. The number of esters is 1. The van der Waals surface area contributed by atoms with E-state index in [9.17, 15) is 4.79 Å². The molecule has 0 aromatic heterocycles. The molecule has 0 fully saturated rings. The number of thiocarbonyl (C=S) groups is 1. The van der Waals surface area contributed by atoms with Gasteiger partial charge in [0.2, 0.25) is 0 Å². The molecular formula is C6H10O4S. The van der Waals surface area contributed by atoms with Crippen molar-refractivity contribution in [2.24, 2.45) is 0 Å². The van der Waals surface area contributed by atoms with Crippen molar-refractivity contribution in [1.29, 1.82) is 0 Å². The van der Waals surface area contributed by atoms with Gasteiger partial charge in [-0.15, -0.1) is 0 Å². The van der Waals surface area contributed by atoms with Gasteiger partial charge in [0.15, 0.2) is 11.2 Å². The second-order valence-corrected chi connectivity index (χ2v) is 2.27. The van der Waals surface area contributed by atoms with Gasteiger partial charge in [0, 0.05) is 0 Å². The second kappa shape index (κ2) is 5.03. The van der Waals surface area contributed by atoms with E-state index in [1.807, 2.05) is 0 Å². The molecule has 0 rings (SSSR count). The molecule has 0 aromatic carbocycles. The molecule has 0 aliphatic rings. The van der Waals surface area contributed by atoms with Crippen molar-refractivity contribution < 1.29 is 19.4 Å². The highest BCUT2D eigenvalue weighted by Crippen LogP contribution is 1.97. The van der Waals surface area contributed by atoms with E-state index >= 15 is 0 Å². The Balaban J connectivity index is 3.77. The van der Waals surface area contributed by atoms with Crippen molar-refractivity contribution in [3.05, 3.63) is 0 Å². The molecule has 0 saturated heterocycles. The van der Waals surface area contributed by atoms with Crippen LogP contribution in [0.4, 0.5) is 0 Å². The Morgan fingerprint density at radius 2 is 2.09 bits per heavy atom. The first-order chi connectivity index (χ1) is 5.11. The maximum absolute atomic E-state index is 10.6. The van der Waals surface area contributed by atoms with Crippen LogP contribution < -0.4 is 0 Å². The molecule has 0 spiro atoms. The Labute approximate surface area is 70.1 Å². The first kappa shape index (κ1) is 10.3. The number of hydrogen-bond donors (Lipinski definition) is 1. The van der Waals surface area contributed by atoms with Crippen LogP contribution in [0, 0.1) is 0 Å². The van der Waals surface area contributed by atoms with Crippen LogP contribution in [0.15, 0.2) is 0 Å². The van der Waals surface area contributed by atoms with E-state index in [-0.39, 0.29) is 11.5 Å². The van der Waals surface area contributed by atoms with Gasteiger partial charge < -0.3 is 14.6 Å². The first-order valence-corrected chi connectivity index (χ1v) is 3.35. The predicted octanol–water partition coefficient (Wildman–Crippen LogP) is -0.116. The average Bonchev–Trinajstić information content (AvgIpc) is 2.02. The lowest BCUT2D eigenvalue weighted by Gasteiger charge is -2.07. The molecule has 0 aliphatic carbocycles. The van der Waals surface area contributed by atoms with Gasteiger partial charge in [-0.3, -0.25) is 0 Å². The van der Waals surface area contributed by atoms with Crippen molar-refractivity contribution in [3.8, 4) is 0 Å². The van der Waals surface area contributed by atoms with Gasteiger partial charge in [-0.1, -0.05) is 0 Å². The minimum Gasteiger partial charge on any atom is -0.490 e. The first-order valence-electron chi connectivity index (χ1n) is 2.94. The maximum Gasteiger partial charge on any atom is 0.335 e. The third-order valence-electron chi connectivity index (χ3n) is 1.06. The molecule has 5 heteroatoms. The molecule has 0 amide bonds. The van der Waals surface area contributed by atoms with Crippen LogP contribution in [0.5, 0.6) is 0 Å². The number of aliphatic hydroxyl groups excluding tert-OH is 1. The molecule has 0 saturated carbocycles. The molecule has 1 N–H and O–H groups in total. The second-order valence-electron chi connectivity index (χ2n) is 1.82. The van der Waals surface area contributed by atoms with Gasteiger partial charge >= 0.3 is 5.97 Å². The van der Waals surface area contributed by atoms with E-state index in [1.54, 1.807) is 0 Å². The highest BCUT2D eigenvalue weighted by Gasteiger charge is 2.17. The lowest BCUT2D eigenvalue weighted by Crippen LogP contribution is -2.24. The largest absolute Gasteiger partial charge is 0.490 e. The van der Waals surface area contributed by atoms with E-state index in [1.165, 1.54) is 14.2 Å². The highest BCUT2D eigenvalue weighted by atomic mass is 32.1. The topological polar surface area (TPSA) is 55.8 Å². The van der Waals surface area contributed by atoms with Crippen LogP contribution in [0.1, 0.15) is 6.42 Å². The number of methoxy groups -OCH3 is 2. The number of ether oxygens (including phenoxy) is 2.